The summed E-state index contributed by atoms with van der Waals surface area (Å²) in [5.41, 5.74) is 1.07. The Labute approximate surface area is 153 Å². The van der Waals surface area contributed by atoms with Crippen LogP contribution in [0.1, 0.15) is 16.7 Å². The van der Waals surface area contributed by atoms with Gasteiger partial charge in [0, 0.05) is 21.6 Å². The van der Waals surface area contributed by atoms with Crippen LogP contribution in [0.25, 0.3) is 6.08 Å². The number of benzene rings is 2. The molecule has 2 aromatic rings. The molecule has 10 heteroatoms. The summed E-state index contributed by atoms with van der Waals surface area (Å²) in [5.74, 6) is -1.59. The lowest BCUT2D eigenvalue weighted by molar-refractivity contribution is -0.163. The number of alkyl halides is 6. The minimum Gasteiger partial charge on any atom is -0.478 e. The molecule has 3 N–H and O–H groups in total. The van der Waals surface area contributed by atoms with E-state index in [1.807, 2.05) is 0 Å². The molecule has 27 heavy (non-hydrogen) atoms. The van der Waals surface area contributed by atoms with Gasteiger partial charge in [-0.15, -0.1) is 0 Å². The Bertz CT molecular complexity index is 890. The number of aliphatic carboxylic acids is 1. The normalized spacial score (nSPS) is 12.5. The van der Waals surface area contributed by atoms with E-state index >= 15 is 0 Å². The zero-order chi connectivity index (χ0) is 20.4. The van der Waals surface area contributed by atoms with Gasteiger partial charge in [-0.2, -0.15) is 26.3 Å². The van der Waals surface area contributed by atoms with Crippen LogP contribution >= 0.6 is 11.8 Å². The zero-order valence-electron chi connectivity index (χ0n) is 13.2. The predicted octanol–water partition coefficient (Wildman–Crippen LogP) is 5.56. The number of hydrogen-bond donors (Lipinski definition) is 2. The lowest BCUT2D eigenvalue weighted by Gasteiger charge is -2.21. The fourth-order valence-corrected chi connectivity index (χ4v) is 3.33. The number of anilines is 1. The van der Waals surface area contributed by atoms with Crippen LogP contribution in [0.15, 0.2) is 52.3 Å². The first-order valence-electron chi connectivity index (χ1n) is 7.15. The van der Waals surface area contributed by atoms with Crippen molar-refractivity contribution in [1.82, 2.24) is 0 Å². The number of hydrogen-bond acceptors (Lipinski definition) is 3. The smallest absolute Gasteiger partial charge is 0.418 e. The number of rotatable bonds is 4. The molecule has 0 bridgehead atoms. The van der Waals surface area contributed by atoms with Crippen molar-refractivity contribution in [3.05, 3.63) is 59.2 Å². The highest BCUT2D eigenvalue weighted by Crippen LogP contribution is 2.48. The first kappa shape index (κ1) is 20.7. The topological polar surface area (TPSA) is 63.3 Å². The summed E-state index contributed by atoms with van der Waals surface area (Å²) in [6, 6.07) is 7.35. The van der Waals surface area contributed by atoms with Gasteiger partial charge in [-0.05, 0) is 35.9 Å². The predicted molar refractivity (Wildman–Crippen MR) is 88.1 cm³/mol. The van der Waals surface area contributed by atoms with Crippen LogP contribution in [0.2, 0.25) is 0 Å². The molecule has 144 valence electrons. The largest absolute Gasteiger partial charge is 0.478 e. The van der Waals surface area contributed by atoms with Gasteiger partial charge in [-0.1, -0.05) is 23.9 Å². The van der Waals surface area contributed by atoms with Gasteiger partial charge in [0.15, 0.2) is 0 Å². The van der Waals surface area contributed by atoms with Gasteiger partial charge in [0.2, 0.25) is 0 Å². The molecular weight excluding hydrogens is 396 g/mol. The van der Waals surface area contributed by atoms with Crippen LogP contribution in [0, 0.1) is 0 Å². The molecule has 0 heterocycles. The lowest BCUT2D eigenvalue weighted by Crippen LogP contribution is -2.19. The van der Waals surface area contributed by atoms with Crippen molar-refractivity contribution >= 4 is 29.5 Å². The molecule has 0 amide bonds. The first-order valence-corrected chi connectivity index (χ1v) is 7.97. The summed E-state index contributed by atoms with van der Waals surface area (Å²) < 4.78 is 80.9. The average molecular weight is 407 g/mol. The van der Waals surface area contributed by atoms with Gasteiger partial charge >= 0.3 is 18.3 Å². The molecule has 0 radical (unpaired) electrons. The zero-order valence-corrected chi connectivity index (χ0v) is 14.0. The number of nitrogens with two attached hydrogens (primary N) is 1. The van der Waals surface area contributed by atoms with Crippen LogP contribution < -0.4 is 5.73 Å². The third-order valence-electron chi connectivity index (χ3n) is 3.26. The van der Waals surface area contributed by atoms with E-state index in [0.29, 0.717) is 23.9 Å². The molecular formula is C17H11F6NO2S. The maximum atomic E-state index is 13.5. The van der Waals surface area contributed by atoms with E-state index in [1.165, 1.54) is 24.3 Å². The summed E-state index contributed by atoms with van der Waals surface area (Å²) in [4.78, 5) is 10.1. The second-order valence-corrected chi connectivity index (χ2v) is 6.36. The van der Waals surface area contributed by atoms with Crippen molar-refractivity contribution in [2.45, 2.75) is 22.1 Å². The van der Waals surface area contributed by atoms with E-state index in [1.54, 1.807) is 0 Å². The maximum Gasteiger partial charge on any atom is 0.418 e. The molecule has 0 aliphatic heterocycles. The van der Waals surface area contributed by atoms with E-state index in [-0.39, 0.29) is 10.6 Å². The molecule has 0 spiro atoms. The fourth-order valence-electron chi connectivity index (χ4n) is 2.28. The summed E-state index contributed by atoms with van der Waals surface area (Å²) in [5, 5.41) is 8.57. The highest BCUT2D eigenvalue weighted by atomic mass is 32.2. The average Bonchev–Trinajstić information content (AvgIpc) is 2.51. The second-order valence-electron chi connectivity index (χ2n) is 5.24. The van der Waals surface area contributed by atoms with Crippen LogP contribution in [-0.2, 0) is 17.1 Å². The van der Waals surface area contributed by atoms with E-state index in [2.05, 4.69) is 0 Å². The van der Waals surface area contributed by atoms with Crippen LogP contribution in [-0.4, -0.2) is 11.1 Å². The van der Waals surface area contributed by atoms with Crippen molar-refractivity contribution in [3.8, 4) is 0 Å². The van der Waals surface area contributed by atoms with E-state index in [0.717, 1.165) is 12.1 Å². The molecule has 2 aromatic carbocycles. The van der Waals surface area contributed by atoms with E-state index in [9.17, 15) is 31.1 Å². The maximum absolute atomic E-state index is 13.5. The van der Waals surface area contributed by atoms with E-state index < -0.39 is 39.9 Å². The molecule has 0 aliphatic carbocycles. The highest BCUT2D eigenvalue weighted by molar-refractivity contribution is 7.99. The van der Waals surface area contributed by atoms with Crippen molar-refractivity contribution in [2.75, 3.05) is 5.73 Å². The third-order valence-corrected chi connectivity index (χ3v) is 4.31. The molecule has 0 unspecified atom stereocenters. The highest BCUT2D eigenvalue weighted by Gasteiger charge is 2.46. The Morgan fingerprint density at radius 1 is 1.00 bits per heavy atom. The van der Waals surface area contributed by atoms with Crippen molar-refractivity contribution in [1.29, 1.82) is 0 Å². The number of nitrogen functional groups attached to an aromatic ring is 1. The van der Waals surface area contributed by atoms with Gasteiger partial charge in [-0.3, -0.25) is 0 Å². The molecule has 0 aliphatic rings. The second kappa shape index (κ2) is 7.55. The molecule has 0 saturated heterocycles. The summed E-state index contributed by atoms with van der Waals surface area (Å²) in [7, 11) is 0. The van der Waals surface area contributed by atoms with Crippen LogP contribution in [0.3, 0.4) is 0 Å². The number of carboxylic acid groups (broad SMARTS) is 1. The number of halogens is 6. The van der Waals surface area contributed by atoms with E-state index in [4.69, 9.17) is 10.8 Å². The monoisotopic (exact) mass is 407 g/mol. The van der Waals surface area contributed by atoms with Crippen molar-refractivity contribution < 1.29 is 36.2 Å². The van der Waals surface area contributed by atoms with Gasteiger partial charge in [0.1, 0.15) is 0 Å². The quantitative estimate of drug-likeness (QED) is 0.396. The standard InChI is InChI=1S/C17H11F6NO2S/c18-16(19,20)14-9(5-7-13(25)26)4-6-12(15(14)17(21,22)23)27-11-3-1-2-10(24)8-11/h1-8H,24H2,(H,25,26). The lowest BCUT2D eigenvalue weighted by atomic mass is 9.99. The number of carbonyl (C=O) groups is 1. The SMILES string of the molecule is Nc1cccc(Sc2ccc(C=CC(=O)O)c(C(F)(F)F)c2C(F)(F)F)c1. The summed E-state index contributed by atoms with van der Waals surface area (Å²) in [6.45, 7) is 0. The Morgan fingerprint density at radius 3 is 2.15 bits per heavy atom. The van der Waals surface area contributed by atoms with Crippen molar-refractivity contribution in [3.63, 3.8) is 0 Å². The minimum absolute atomic E-state index is 0.224. The Kier molecular flexibility index (Phi) is 5.79. The fraction of sp³-hybridized carbons (Fsp3) is 0.118. The Hall–Kier alpha value is -2.62. The van der Waals surface area contributed by atoms with Gasteiger partial charge < -0.3 is 10.8 Å². The van der Waals surface area contributed by atoms with Crippen molar-refractivity contribution in [2.24, 2.45) is 0 Å². The van der Waals surface area contributed by atoms with Gasteiger partial charge in [0.25, 0.3) is 0 Å². The molecule has 3 nitrogen and oxygen atoms in total. The number of carboxylic acids is 1. The Morgan fingerprint density at radius 2 is 1.63 bits per heavy atom. The molecule has 0 fully saturated rings. The molecule has 2 rings (SSSR count). The summed E-state index contributed by atoms with van der Waals surface area (Å²) in [6.07, 6.45) is -9.85. The van der Waals surface area contributed by atoms with Gasteiger partial charge in [-0.25, -0.2) is 4.79 Å². The van der Waals surface area contributed by atoms with Gasteiger partial charge in [0.05, 0.1) is 11.1 Å². The summed E-state index contributed by atoms with van der Waals surface area (Å²) >= 11 is 0.478. The molecule has 0 atom stereocenters. The first-order chi connectivity index (χ1) is 12.4. The van der Waals surface area contributed by atoms with Crippen LogP contribution in [0.4, 0.5) is 32.0 Å². The Balaban J connectivity index is 2.73. The van der Waals surface area contributed by atoms with Crippen LogP contribution in [0.5, 0.6) is 0 Å². The molecule has 0 saturated carbocycles. The molecule has 0 aromatic heterocycles. The minimum atomic E-state index is -5.35. The third kappa shape index (κ3) is 5.19.